The number of allylic oxidation sites excluding steroid dienone is 2. The van der Waals surface area contributed by atoms with Crippen molar-refractivity contribution < 1.29 is 0 Å². The highest BCUT2D eigenvalue weighted by atomic mass is 14.4. The topological polar surface area (TPSA) is 0 Å². The summed E-state index contributed by atoms with van der Waals surface area (Å²) in [5.74, 6) is 3.14. The zero-order valence-electron chi connectivity index (χ0n) is 13.8. The van der Waals surface area contributed by atoms with Gasteiger partial charge in [0.15, 0.2) is 0 Å². The van der Waals surface area contributed by atoms with Gasteiger partial charge in [0.1, 0.15) is 0 Å². The van der Waals surface area contributed by atoms with Gasteiger partial charge in [-0.3, -0.25) is 0 Å². The Balaban J connectivity index is 1.66. The van der Waals surface area contributed by atoms with Crippen molar-refractivity contribution in [3.05, 3.63) is 12.2 Å². The van der Waals surface area contributed by atoms with Crippen LogP contribution in [0.15, 0.2) is 12.2 Å². The molecule has 0 aromatic carbocycles. The van der Waals surface area contributed by atoms with E-state index < -0.39 is 0 Å². The lowest BCUT2D eigenvalue weighted by atomic mass is 9.98. The maximum Gasteiger partial charge on any atom is -0.0325 e. The first-order valence-electron chi connectivity index (χ1n) is 9.51. The predicted molar refractivity (Wildman–Crippen MR) is 89.9 cm³/mol. The molecule has 0 heteroatoms. The minimum atomic E-state index is 0.909. The summed E-state index contributed by atoms with van der Waals surface area (Å²) in [6, 6.07) is 0. The molecule has 0 amide bonds. The zero-order chi connectivity index (χ0) is 14.0. The molecule has 0 nitrogen and oxygen atoms in total. The minimum absolute atomic E-state index is 0.909. The largest absolute Gasteiger partial charge is 0.0885 e. The summed E-state index contributed by atoms with van der Waals surface area (Å²) in [5.41, 5.74) is 0. The molecule has 0 bridgehead atoms. The SMILES string of the molecule is CC1CC=CCCCCCCCCCCC2CC2CC1. The minimum Gasteiger partial charge on any atom is -0.0885 e. The maximum atomic E-state index is 2.46. The molecular weight excluding hydrogens is 240 g/mol. The Bertz CT molecular complexity index is 265. The van der Waals surface area contributed by atoms with Crippen LogP contribution in [0.2, 0.25) is 0 Å². The predicted octanol–water partition coefficient (Wildman–Crippen LogP) is 6.90. The molecule has 0 aliphatic heterocycles. The number of hydrogen-bond donors (Lipinski definition) is 0. The summed E-state index contributed by atoms with van der Waals surface area (Å²) in [5, 5.41) is 0. The molecule has 2 aliphatic carbocycles. The number of hydrogen-bond acceptors (Lipinski definition) is 0. The molecule has 0 aromatic heterocycles. The lowest BCUT2D eigenvalue weighted by Crippen LogP contribution is -1.95. The molecule has 116 valence electrons. The van der Waals surface area contributed by atoms with Gasteiger partial charge < -0.3 is 0 Å². The summed E-state index contributed by atoms with van der Waals surface area (Å²) in [4.78, 5) is 0. The Morgan fingerprint density at radius 1 is 0.650 bits per heavy atom. The molecule has 2 rings (SSSR count). The molecular formula is C20H36. The molecule has 0 aromatic rings. The third-order valence-corrected chi connectivity index (χ3v) is 5.50. The monoisotopic (exact) mass is 276 g/mol. The Labute approximate surface area is 127 Å². The molecule has 1 fully saturated rings. The highest BCUT2D eigenvalue weighted by Gasteiger charge is 2.35. The van der Waals surface area contributed by atoms with Gasteiger partial charge in [0.25, 0.3) is 0 Å². The highest BCUT2D eigenvalue weighted by Crippen LogP contribution is 2.46. The standard InChI is InChI=1S/C20H36/c1-18-13-11-9-7-5-3-2-4-6-8-10-12-14-19-17-20(19)16-15-18/h9,11,18-20H,2-8,10,12-17H2,1H3. The Morgan fingerprint density at radius 3 is 2.10 bits per heavy atom. The average molecular weight is 277 g/mol. The number of fused-ring (bicyclic) bond motifs is 1. The first-order chi connectivity index (χ1) is 9.86. The highest BCUT2D eigenvalue weighted by molar-refractivity contribution is 4.88. The smallest absolute Gasteiger partial charge is 0.0325 e. The first-order valence-corrected chi connectivity index (χ1v) is 9.51. The fourth-order valence-corrected chi connectivity index (χ4v) is 3.81. The molecule has 0 saturated heterocycles. The van der Waals surface area contributed by atoms with E-state index in [0.29, 0.717) is 0 Å². The van der Waals surface area contributed by atoms with Crippen LogP contribution in [-0.4, -0.2) is 0 Å². The van der Waals surface area contributed by atoms with Crippen molar-refractivity contribution in [2.75, 3.05) is 0 Å². The zero-order valence-corrected chi connectivity index (χ0v) is 13.8. The second kappa shape index (κ2) is 9.64. The van der Waals surface area contributed by atoms with Crippen LogP contribution in [0.3, 0.4) is 0 Å². The van der Waals surface area contributed by atoms with Crippen molar-refractivity contribution >= 4 is 0 Å². The molecule has 3 unspecified atom stereocenters. The van der Waals surface area contributed by atoms with Crippen molar-refractivity contribution in [1.82, 2.24) is 0 Å². The normalized spacial score (nSPS) is 34.8. The first kappa shape index (κ1) is 16.1. The lowest BCUT2D eigenvalue weighted by Gasteiger charge is -2.08. The molecule has 0 radical (unpaired) electrons. The van der Waals surface area contributed by atoms with Crippen LogP contribution >= 0.6 is 0 Å². The molecule has 2 aliphatic rings. The van der Waals surface area contributed by atoms with E-state index in [1.807, 2.05) is 0 Å². The quantitative estimate of drug-likeness (QED) is 0.422. The number of rotatable bonds is 0. The van der Waals surface area contributed by atoms with Gasteiger partial charge in [-0.1, -0.05) is 76.9 Å². The summed E-state index contributed by atoms with van der Waals surface area (Å²) in [7, 11) is 0. The van der Waals surface area contributed by atoms with Crippen LogP contribution in [0.25, 0.3) is 0 Å². The van der Waals surface area contributed by atoms with Crippen LogP contribution in [0, 0.1) is 17.8 Å². The van der Waals surface area contributed by atoms with E-state index >= 15 is 0 Å². The molecule has 20 heavy (non-hydrogen) atoms. The van der Waals surface area contributed by atoms with Crippen LogP contribution in [0.5, 0.6) is 0 Å². The van der Waals surface area contributed by atoms with Gasteiger partial charge in [0, 0.05) is 0 Å². The second-order valence-corrected chi connectivity index (χ2v) is 7.55. The van der Waals surface area contributed by atoms with E-state index in [-0.39, 0.29) is 0 Å². The van der Waals surface area contributed by atoms with Crippen LogP contribution in [0.1, 0.15) is 96.8 Å². The van der Waals surface area contributed by atoms with Crippen LogP contribution in [-0.2, 0) is 0 Å². The van der Waals surface area contributed by atoms with Gasteiger partial charge in [0.05, 0.1) is 0 Å². The Morgan fingerprint density at radius 2 is 1.30 bits per heavy atom. The Hall–Kier alpha value is -0.260. The van der Waals surface area contributed by atoms with Crippen molar-refractivity contribution in [3.63, 3.8) is 0 Å². The van der Waals surface area contributed by atoms with Gasteiger partial charge >= 0.3 is 0 Å². The summed E-state index contributed by atoms with van der Waals surface area (Å²) in [6.45, 7) is 2.44. The van der Waals surface area contributed by atoms with Crippen molar-refractivity contribution in [3.8, 4) is 0 Å². The fourth-order valence-electron chi connectivity index (χ4n) is 3.81. The molecule has 0 spiro atoms. The average Bonchev–Trinajstić information content (AvgIpc) is 3.19. The van der Waals surface area contributed by atoms with E-state index in [1.54, 1.807) is 12.8 Å². The summed E-state index contributed by atoms with van der Waals surface area (Å²) < 4.78 is 0. The molecule has 0 N–H and O–H groups in total. The third kappa shape index (κ3) is 6.95. The van der Waals surface area contributed by atoms with Crippen LogP contribution < -0.4 is 0 Å². The van der Waals surface area contributed by atoms with Gasteiger partial charge in [-0.05, 0) is 49.9 Å². The van der Waals surface area contributed by atoms with E-state index in [0.717, 1.165) is 17.8 Å². The van der Waals surface area contributed by atoms with Crippen molar-refractivity contribution in [2.45, 2.75) is 96.8 Å². The van der Waals surface area contributed by atoms with E-state index in [1.165, 1.54) is 77.0 Å². The molecule has 0 heterocycles. The van der Waals surface area contributed by atoms with Crippen molar-refractivity contribution in [1.29, 1.82) is 0 Å². The Kier molecular flexibility index (Phi) is 7.76. The lowest BCUT2D eigenvalue weighted by molar-refractivity contribution is 0.467. The third-order valence-electron chi connectivity index (χ3n) is 5.50. The van der Waals surface area contributed by atoms with Gasteiger partial charge in [0.2, 0.25) is 0 Å². The van der Waals surface area contributed by atoms with E-state index in [2.05, 4.69) is 19.1 Å². The second-order valence-electron chi connectivity index (χ2n) is 7.55. The van der Waals surface area contributed by atoms with Gasteiger partial charge in [-0.15, -0.1) is 0 Å². The van der Waals surface area contributed by atoms with Crippen molar-refractivity contribution in [2.24, 2.45) is 17.8 Å². The maximum absolute atomic E-state index is 2.46. The van der Waals surface area contributed by atoms with E-state index in [4.69, 9.17) is 0 Å². The van der Waals surface area contributed by atoms with Crippen LogP contribution in [0.4, 0.5) is 0 Å². The fraction of sp³-hybridized carbons (Fsp3) is 0.900. The molecule has 3 atom stereocenters. The summed E-state index contributed by atoms with van der Waals surface area (Å²) in [6.07, 6.45) is 25.4. The molecule has 1 saturated carbocycles. The van der Waals surface area contributed by atoms with E-state index in [9.17, 15) is 0 Å². The summed E-state index contributed by atoms with van der Waals surface area (Å²) >= 11 is 0. The van der Waals surface area contributed by atoms with Gasteiger partial charge in [-0.2, -0.15) is 0 Å². The van der Waals surface area contributed by atoms with Gasteiger partial charge in [-0.25, -0.2) is 0 Å².